The van der Waals surface area contributed by atoms with Crippen LogP contribution in [0.1, 0.15) is 37.3 Å². The average molecular weight is 364 g/mol. The van der Waals surface area contributed by atoms with Gasteiger partial charge in [0.05, 0.1) is 12.1 Å². The highest BCUT2D eigenvalue weighted by Gasteiger charge is 2.44. The molecule has 1 aliphatic rings. The van der Waals surface area contributed by atoms with E-state index in [1.165, 1.54) is 4.90 Å². The Bertz CT molecular complexity index is 830. The number of nitrogens with zero attached hydrogens (tertiary/aromatic N) is 2. The van der Waals surface area contributed by atoms with Crippen molar-refractivity contribution >= 4 is 23.4 Å². The summed E-state index contributed by atoms with van der Waals surface area (Å²) in [5.74, 6) is -0.696. The van der Waals surface area contributed by atoms with Crippen LogP contribution in [-0.4, -0.2) is 28.7 Å². The van der Waals surface area contributed by atoms with Crippen LogP contribution in [0, 0.1) is 6.92 Å². The lowest BCUT2D eigenvalue weighted by atomic mass is 10.1. The zero-order valence-electron chi connectivity index (χ0n) is 15.7. The standard InChI is InChI=1S/C22H24N2O3/c1-3-7-20(25)23(15-17-8-5-4-6-9-17)19-14-21(26)24(22(19)27)18-12-10-16(2)11-13-18/h4-6,8-13,19H,3,7,14-15H2,1-2H3. The largest absolute Gasteiger partial charge is 0.326 e. The molecule has 27 heavy (non-hydrogen) atoms. The van der Waals surface area contributed by atoms with E-state index in [0.717, 1.165) is 11.1 Å². The normalized spacial score (nSPS) is 16.7. The highest BCUT2D eigenvalue weighted by atomic mass is 16.2. The van der Waals surface area contributed by atoms with Crippen LogP contribution >= 0.6 is 0 Å². The molecule has 1 heterocycles. The summed E-state index contributed by atoms with van der Waals surface area (Å²) in [5.41, 5.74) is 2.55. The third kappa shape index (κ3) is 4.08. The first-order valence-corrected chi connectivity index (χ1v) is 9.28. The summed E-state index contributed by atoms with van der Waals surface area (Å²) in [7, 11) is 0. The fraction of sp³-hybridized carbons (Fsp3) is 0.318. The first-order valence-electron chi connectivity index (χ1n) is 9.28. The molecule has 1 aliphatic heterocycles. The van der Waals surface area contributed by atoms with E-state index >= 15 is 0 Å². The van der Waals surface area contributed by atoms with E-state index in [2.05, 4.69) is 0 Å². The van der Waals surface area contributed by atoms with Crippen LogP contribution in [-0.2, 0) is 20.9 Å². The minimum atomic E-state index is -0.752. The lowest BCUT2D eigenvalue weighted by Gasteiger charge is -2.28. The number of benzene rings is 2. The maximum Gasteiger partial charge on any atom is 0.257 e. The van der Waals surface area contributed by atoms with Crippen molar-refractivity contribution in [1.82, 2.24) is 4.90 Å². The number of hydrogen-bond donors (Lipinski definition) is 0. The predicted octanol–water partition coefficient (Wildman–Crippen LogP) is 3.46. The SMILES string of the molecule is CCCC(=O)N(Cc1ccccc1)C1CC(=O)N(c2ccc(C)cc2)C1=O. The van der Waals surface area contributed by atoms with Crippen LogP contribution < -0.4 is 4.90 Å². The monoisotopic (exact) mass is 364 g/mol. The van der Waals surface area contributed by atoms with Crippen molar-refractivity contribution in [3.63, 3.8) is 0 Å². The Morgan fingerprint density at radius 3 is 2.37 bits per heavy atom. The van der Waals surface area contributed by atoms with Gasteiger partial charge in [-0.1, -0.05) is 55.0 Å². The first kappa shape index (κ1) is 18.8. The maximum atomic E-state index is 13.1. The molecule has 1 saturated heterocycles. The molecule has 140 valence electrons. The summed E-state index contributed by atoms with van der Waals surface area (Å²) >= 11 is 0. The molecular weight excluding hydrogens is 340 g/mol. The van der Waals surface area contributed by atoms with Crippen LogP contribution in [0.15, 0.2) is 54.6 Å². The van der Waals surface area contributed by atoms with Crippen molar-refractivity contribution < 1.29 is 14.4 Å². The molecule has 0 spiro atoms. The number of rotatable bonds is 6. The van der Waals surface area contributed by atoms with Gasteiger partial charge in [0.1, 0.15) is 6.04 Å². The Balaban J connectivity index is 1.88. The number of anilines is 1. The fourth-order valence-corrected chi connectivity index (χ4v) is 3.33. The molecule has 3 rings (SSSR count). The molecule has 0 aliphatic carbocycles. The third-order valence-corrected chi connectivity index (χ3v) is 4.77. The minimum absolute atomic E-state index is 0.0228. The fourth-order valence-electron chi connectivity index (χ4n) is 3.33. The molecule has 2 aromatic rings. The van der Waals surface area contributed by atoms with Crippen LogP contribution in [0.3, 0.4) is 0 Å². The molecular formula is C22H24N2O3. The molecule has 0 radical (unpaired) electrons. The molecule has 1 atom stereocenters. The number of imide groups is 1. The number of amides is 3. The Kier molecular flexibility index (Phi) is 5.69. The van der Waals surface area contributed by atoms with Gasteiger partial charge < -0.3 is 4.90 Å². The number of carbonyl (C=O) groups excluding carboxylic acids is 3. The second-order valence-corrected chi connectivity index (χ2v) is 6.88. The van der Waals surface area contributed by atoms with Crippen LogP contribution in [0.4, 0.5) is 5.69 Å². The zero-order chi connectivity index (χ0) is 19.4. The summed E-state index contributed by atoms with van der Waals surface area (Å²) in [5, 5.41) is 0. The first-order chi connectivity index (χ1) is 13.0. The quantitative estimate of drug-likeness (QED) is 0.738. The van der Waals surface area contributed by atoms with Gasteiger partial charge in [-0.05, 0) is 31.0 Å². The smallest absolute Gasteiger partial charge is 0.257 e. The Morgan fingerprint density at radius 1 is 1.07 bits per heavy atom. The molecule has 0 N–H and O–H groups in total. The molecule has 1 fully saturated rings. The summed E-state index contributed by atoms with van der Waals surface area (Å²) in [6.45, 7) is 4.20. The second kappa shape index (κ2) is 8.16. The summed E-state index contributed by atoms with van der Waals surface area (Å²) in [4.78, 5) is 41.1. The molecule has 2 aromatic carbocycles. The van der Waals surface area contributed by atoms with Gasteiger partial charge in [-0.3, -0.25) is 14.4 Å². The highest BCUT2D eigenvalue weighted by Crippen LogP contribution is 2.27. The van der Waals surface area contributed by atoms with Crippen molar-refractivity contribution in [2.75, 3.05) is 4.90 Å². The summed E-state index contributed by atoms with van der Waals surface area (Å²) in [6, 6.07) is 16.1. The van der Waals surface area contributed by atoms with Gasteiger partial charge >= 0.3 is 0 Å². The van der Waals surface area contributed by atoms with Crippen molar-refractivity contribution in [2.45, 2.75) is 45.7 Å². The number of carbonyl (C=O) groups is 3. The molecule has 5 nitrogen and oxygen atoms in total. The van der Waals surface area contributed by atoms with Crippen LogP contribution in [0.5, 0.6) is 0 Å². The van der Waals surface area contributed by atoms with E-state index in [1.807, 2.05) is 56.3 Å². The van der Waals surface area contributed by atoms with Crippen molar-refractivity contribution in [3.8, 4) is 0 Å². The Hall–Kier alpha value is -2.95. The van der Waals surface area contributed by atoms with Crippen molar-refractivity contribution in [3.05, 3.63) is 65.7 Å². The topological polar surface area (TPSA) is 57.7 Å². The predicted molar refractivity (Wildman–Crippen MR) is 104 cm³/mol. The number of aryl methyl sites for hydroxylation is 1. The van der Waals surface area contributed by atoms with Crippen LogP contribution in [0.2, 0.25) is 0 Å². The van der Waals surface area contributed by atoms with E-state index in [9.17, 15) is 14.4 Å². The molecule has 1 unspecified atom stereocenters. The van der Waals surface area contributed by atoms with E-state index in [4.69, 9.17) is 0 Å². The molecule has 3 amide bonds. The zero-order valence-corrected chi connectivity index (χ0v) is 15.7. The van der Waals surface area contributed by atoms with Crippen LogP contribution in [0.25, 0.3) is 0 Å². The Labute approximate surface area is 159 Å². The Morgan fingerprint density at radius 2 is 1.74 bits per heavy atom. The van der Waals surface area contributed by atoms with E-state index < -0.39 is 6.04 Å². The minimum Gasteiger partial charge on any atom is -0.326 e. The van der Waals surface area contributed by atoms with Gasteiger partial charge in [-0.15, -0.1) is 0 Å². The van der Waals surface area contributed by atoms with Gasteiger partial charge in [-0.2, -0.15) is 0 Å². The third-order valence-electron chi connectivity index (χ3n) is 4.77. The summed E-state index contributed by atoms with van der Waals surface area (Å²) < 4.78 is 0. The van der Waals surface area contributed by atoms with Gasteiger partial charge in [0.2, 0.25) is 11.8 Å². The van der Waals surface area contributed by atoms with E-state index in [-0.39, 0.29) is 24.1 Å². The molecule has 0 saturated carbocycles. The lowest BCUT2D eigenvalue weighted by molar-refractivity contribution is -0.139. The summed E-state index contributed by atoms with van der Waals surface area (Å²) in [6.07, 6.45) is 1.07. The van der Waals surface area contributed by atoms with E-state index in [1.54, 1.807) is 17.0 Å². The van der Waals surface area contributed by atoms with Gasteiger partial charge in [0.15, 0.2) is 0 Å². The molecule has 0 aromatic heterocycles. The second-order valence-electron chi connectivity index (χ2n) is 6.88. The number of hydrogen-bond acceptors (Lipinski definition) is 3. The molecule has 0 bridgehead atoms. The highest BCUT2D eigenvalue weighted by molar-refractivity contribution is 6.23. The van der Waals surface area contributed by atoms with Crippen molar-refractivity contribution in [2.24, 2.45) is 0 Å². The molecule has 5 heteroatoms. The lowest BCUT2D eigenvalue weighted by Crippen LogP contribution is -2.45. The maximum absolute atomic E-state index is 13.1. The van der Waals surface area contributed by atoms with Gasteiger partial charge in [-0.25, -0.2) is 4.90 Å². The van der Waals surface area contributed by atoms with Gasteiger partial charge in [0.25, 0.3) is 5.91 Å². The van der Waals surface area contributed by atoms with Gasteiger partial charge in [0, 0.05) is 13.0 Å². The van der Waals surface area contributed by atoms with E-state index in [0.29, 0.717) is 25.1 Å². The van der Waals surface area contributed by atoms with Crippen molar-refractivity contribution in [1.29, 1.82) is 0 Å². The average Bonchev–Trinajstić information content (AvgIpc) is 2.96.